The van der Waals surface area contributed by atoms with Crippen LogP contribution in [0.15, 0.2) is 18.2 Å². The number of carbonyl (C=O) groups is 1. The van der Waals surface area contributed by atoms with Crippen LogP contribution in [0.25, 0.3) is 0 Å². The smallest absolute Gasteiger partial charge is 0.364 e. The summed E-state index contributed by atoms with van der Waals surface area (Å²) in [6.45, 7) is 0. The third-order valence-corrected chi connectivity index (χ3v) is 2.46. The molecule has 7 heteroatoms. The first kappa shape index (κ1) is 13.9. The molecule has 7 nitrogen and oxygen atoms in total. The number of ether oxygens (including phenoxy) is 2. The van der Waals surface area contributed by atoms with Crippen LogP contribution in [-0.2, 0) is 16.0 Å². The minimum atomic E-state index is -0.594. The molecule has 0 aliphatic carbocycles. The summed E-state index contributed by atoms with van der Waals surface area (Å²) in [6, 6.07) is 3.94. The van der Waals surface area contributed by atoms with E-state index in [-0.39, 0.29) is 17.9 Å². The van der Waals surface area contributed by atoms with E-state index in [0.29, 0.717) is 5.56 Å². The van der Waals surface area contributed by atoms with Crippen LogP contribution >= 0.6 is 0 Å². The van der Waals surface area contributed by atoms with Gasteiger partial charge in [0.05, 0.1) is 19.1 Å². The Hall–Kier alpha value is -2.15. The van der Waals surface area contributed by atoms with Crippen LogP contribution in [0.2, 0.25) is 0 Å². The molecule has 0 amide bonds. The third kappa shape index (κ3) is 3.17. The molecule has 0 saturated carbocycles. The van der Waals surface area contributed by atoms with Gasteiger partial charge in [0, 0.05) is 12.5 Å². The SMILES string of the molecule is COC(=O)[C@H]([NH3+])Cc1ccc(OC)c([N+](=O)[O-])c1. The Morgan fingerprint density at radius 1 is 1.50 bits per heavy atom. The summed E-state index contributed by atoms with van der Waals surface area (Å²) in [7, 11) is 2.64. The lowest BCUT2D eigenvalue weighted by Crippen LogP contribution is -2.66. The second kappa shape index (κ2) is 5.97. The van der Waals surface area contributed by atoms with Gasteiger partial charge in [-0.1, -0.05) is 6.07 Å². The van der Waals surface area contributed by atoms with Gasteiger partial charge in [0.25, 0.3) is 0 Å². The van der Waals surface area contributed by atoms with E-state index in [0.717, 1.165) is 0 Å². The van der Waals surface area contributed by atoms with Crippen LogP contribution in [0.3, 0.4) is 0 Å². The number of quaternary nitrogens is 1. The standard InChI is InChI=1S/C11H14N2O5/c1-17-10-4-3-7(6-9(10)13(15)16)5-8(12)11(14)18-2/h3-4,6,8H,5,12H2,1-2H3/p+1/t8-/m1/s1. The van der Waals surface area contributed by atoms with Crippen LogP contribution in [0, 0.1) is 10.1 Å². The minimum absolute atomic E-state index is 0.132. The zero-order valence-electron chi connectivity index (χ0n) is 10.2. The molecule has 0 aliphatic heterocycles. The van der Waals surface area contributed by atoms with E-state index >= 15 is 0 Å². The van der Waals surface area contributed by atoms with E-state index in [1.54, 1.807) is 6.07 Å². The first-order valence-corrected chi connectivity index (χ1v) is 5.21. The van der Waals surface area contributed by atoms with Crippen LogP contribution in [0.1, 0.15) is 5.56 Å². The second-order valence-corrected chi connectivity index (χ2v) is 3.69. The number of nitro benzene ring substituents is 1. The molecule has 18 heavy (non-hydrogen) atoms. The topological polar surface area (TPSA) is 106 Å². The van der Waals surface area contributed by atoms with Gasteiger partial charge >= 0.3 is 11.7 Å². The van der Waals surface area contributed by atoms with Gasteiger partial charge in [0.2, 0.25) is 0 Å². The fraction of sp³-hybridized carbons (Fsp3) is 0.364. The number of nitrogens with zero attached hydrogens (tertiary/aromatic N) is 1. The summed E-state index contributed by atoms with van der Waals surface area (Å²) in [6.07, 6.45) is 0.275. The maximum atomic E-state index is 11.2. The van der Waals surface area contributed by atoms with Gasteiger partial charge in [-0.25, -0.2) is 4.79 Å². The lowest BCUT2D eigenvalue weighted by Gasteiger charge is -2.07. The van der Waals surface area contributed by atoms with Crippen molar-refractivity contribution >= 4 is 11.7 Å². The van der Waals surface area contributed by atoms with E-state index in [2.05, 4.69) is 10.5 Å². The molecule has 1 atom stereocenters. The normalized spacial score (nSPS) is 11.7. The minimum Gasteiger partial charge on any atom is -0.490 e. The molecular weight excluding hydrogens is 240 g/mol. The number of benzene rings is 1. The molecule has 0 aromatic heterocycles. The number of nitro groups is 1. The van der Waals surface area contributed by atoms with E-state index in [1.165, 1.54) is 26.4 Å². The summed E-state index contributed by atoms with van der Waals surface area (Å²) in [5.74, 6) is -0.268. The van der Waals surface area contributed by atoms with Gasteiger partial charge in [0.15, 0.2) is 11.8 Å². The van der Waals surface area contributed by atoms with E-state index in [1.807, 2.05) is 0 Å². The number of hydrogen-bond donors (Lipinski definition) is 1. The average molecular weight is 255 g/mol. The van der Waals surface area contributed by atoms with Crippen molar-refractivity contribution in [3.63, 3.8) is 0 Å². The Balaban J connectivity index is 2.95. The molecular formula is C11H15N2O5+. The van der Waals surface area contributed by atoms with Gasteiger partial charge < -0.3 is 15.2 Å². The van der Waals surface area contributed by atoms with Crippen molar-refractivity contribution < 1.29 is 24.9 Å². The van der Waals surface area contributed by atoms with Gasteiger partial charge in [-0.2, -0.15) is 0 Å². The molecule has 98 valence electrons. The molecule has 0 saturated heterocycles. The summed E-state index contributed by atoms with van der Waals surface area (Å²) in [5, 5.41) is 10.8. The number of carbonyl (C=O) groups excluding carboxylic acids is 1. The van der Waals surface area contributed by atoms with E-state index < -0.39 is 16.9 Å². The van der Waals surface area contributed by atoms with Crippen molar-refractivity contribution in [1.29, 1.82) is 0 Å². The Morgan fingerprint density at radius 3 is 2.67 bits per heavy atom. The van der Waals surface area contributed by atoms with Crippen molar-refractivity contribution in [2.24, 2.45) is 0 Å². The first-order chi connectivity index (χ1) is 8.49. The van der Waals surface area contributed by atoms with Crippen LogP contribution in [0.5, 0.6) is 5.75 Å². The highest BCUT2D eigenvalue weighted by atomic mass is 16.6. The number of methoxy groups -OCH3 is 2. The lowest BCUT2D eigenvalue weighted by atomic mass is 10.1. The quantitative estimate of drug-likeness (QED) is 0.450. The molecule has 1 aromatic carbocycles. The molecule has 3 N–H and O–H groups in total. The highest BCUT2D eigenvalue weighted by Gasteiger charge is 2.21. The van der Waals surface area contributed by atoms with E-state index in [4.69, 9.17) is 4.74 Å². The van der Waals surface area contributed by atoms with Crippen LogP contribution < -0.4 is 10.5 Å². The monoisotopic (exact) mass is 255 g/mol. The Labute approximate surface area is 104 Å². The number of hydrogen-bond acceptors (Lipinski definition) is 5. The molecule has 1 aromatic rings. The highest BCUT2D eigenvalue weighted by Crippen LogP contribution is 2.27. The number of rotatable bonds is 5. The lowest BCUT2D eigenvalue weighted by molar-refractivity contribution is -0.407. The van der Waals surface area contributed by atoms with Crippen molar-refractivity contribution in [1.82, 2.24) is 0 Å². The molecule has 0 bridgehead atoms. The molecule has 0 fully saturated rings. The van der Waals surface area contributed by atoms with Gasteiger partial charge in [-0.15, -0.1) is 0 Å². The summed E-state index contributed by atoms with van der Waals surface area (Å²) < 4.78 is 9.43. The molecule has 1 rings (SSSR count). The van der Waals surface area contributed by atoms with Crippen molar-refractivity contribution in [3.05, 3.63) is 33.9 Å². The van der Waals surface area contributed by atoms with E-state index in [9.17, 15) is 14.9 Å². The molecule has 0 heterocycles. The predicted molar refractivity (Wildman–Crippen MR) is 62.0 cm³/mol. The fourth-order valence-electron chi connectivity index (χ4n) is 1.54. The second-order valence-electron chi connectivity index (χ2n) is 3.69. The first-order valence-electron chi connectivity index (χ1n) is 5.21. The third-order valence-electron chi connectivity index (χ3n) is 2.46. The predicted octanol–water partition coefficient (Wildman–Crippen LogP) is -0.0706. The summed E-state index contributed by atoms with van der Waals surface area (Å²) in [4.78, 5) is 21.5. The van der Waals surface area contributed by atoms with Crippen LogP contribution in [0.4, 0.5) is 5.69 Å². The zero-order valence-corrected chi connectivity index (χ0v) is 10.2. The maximum Gasteiger partial charge on any atom is 0.364 e. The Bertz CT molecular complexity index is 461. The highest BCUT2D eigenvalue weighted by molar-refractivity contribution is 5.74. The molecule has 0 spiro atoms. The Kier molecular flexibility index (Phi) is 4.61. The molecule has 0 unspecified atom stereocenters. The van der Waals surface area contributed by atoms with Crippen molar-refractivity contribution in [2.45, 2.75) is 12.5 Å². The van der Waals surface area contributed by atoms with Gasteiger partial charge in [0.1, 0.15) is 0 Å². The maximum absolute atomic E-state index is 11.2. The van der Waals surface area contributed by atoms with Crippen LogP contribution in [-0.4, -0.2) is 31.2 Å². The van der Waals surface area contributed by atoms with Crippen molar-refractivity contribution in [2.75, 3.05) is 14.2 Å². The molecule has 0 aliphatic rings. The number of esters is 1. The van der Waals surface area contributed by atoms with Gasteiger partial charge in [-0.05, 0) is 11.6 Å². The van der Waals surface area contributed by atoms with Crippen molar-refractivity contribution in [3.8, 4) is 5.75 Å². The Morgan fingerprint density at radius 2 is 2.17 bits per heavy atom. The zero-order chi connectivity index (χ0) is 13.7. The average Bonchev–Trinajstić information content (AvgIpc) is 2.37. The fourth-order valence-corrected chi connectivity index (χ4v) is 1.54. The largest absolute Gasteiger partial charge is 0.490 e. The summed E-state index contributed by atoms with van der Waals surface area (Å²) in [5.41, 5.74) is 4.15. The molecule has 0 radical (unpaired) electrons. The van der Waals surface area contributed by atoms with Gasteiger partial charge in [-0.3, -0.25) is 10.1 Å². The summed E-state index contributed by atoms with van der Waals surface area (Å²) >= 11 is 0.